The van der Waals surface area contributed by atoms with Gasteiger partial charge in [0.2, 0.25) is 5.91 Å². The lowest BCUT2D eigenvalue weighted by atomic mass is 9.97. The SMILES string of the molecule is CCOC(=O)[C@H]1CCCN(C(=O)C[C@@H]2CSc3nc4c(c(=O)n32)CCCC4)C1. The minimum Gasteiger partial charge on any atom is -0.466 e. The van der Waals surface area contributed by atoms with Crippen LogP contribution in [0, 0.1) is 5.92 Å². The standard InChI is InChI=1S/C20H27N3O4S/c1-2-27-19(26)13-6-5-9-22(11-13)17(24)10-14-12-28-20-21-16-8-4-3-7-15(16)18(25)23(14)20/h13-14H,2-12H2,1H3/t13-,14+/m0/s1. The fraction of sp³-hybridized carbons (Fsp3) is 0.700. The number of aromatic nitrogens is 2. The summed E-state index contributed by atoms with van der Waals surface area (Å²) in [6, 6.07) is -0.150. The zero-order valence-electron chi connectivity index (χ0n) is 16.3. The van der Waals surface area contributed by atoms with Crippen LogP contribution in [0.3, 0.4) is 0 Å². The number of esters is 1. The Labute approximate surface area is 168 Å². The molecule has 1 fully saturated rings. The molecule has 1 amide bonds. The number of ether oxygens (including phenoxy) is 1. The topological polar surface area (TPSA) is 81.5 Å². The van der Waals surface area contributed by atoms with Gasteiger partial charge in [-0.05, 0) is 45.4 Å². The second-order valence-corrected chi connectivity index (χ2v) is 8.79. The van der Waals surface area contributed by atoms with Gasteiger partial charge in [-0.1, -0.05) is 11.8 Å². The number of carbonyl (C=O) groups excluding carboxylic acids is 2. The molecule has 0 spiro atoms. The number of hydrogen-bond donors (Lipinski definition) is 0. The van der Waals surface area contributed by atoms with Crippen LogP contribution in [0.5, 0.6) is 0 Å². The Morgan fingerprint density at radius 3 is 2.89 bits per heavy atom. The van der Waals surface area contributed by atoms with Crippen LogP contribution in [0.2, 0.25) is 0 Å². The van der Waals surface area contributed by atoms with Crippen molar-refractivity contribution in [2.75, 3.05) is 25.4 Å². The molecule has 1 saturated heterocycles. The van der Waals surface area contributed by atoms with Gasteiger partial charge >= 0.3 is 5.97 Å². The molecule has 0 radical (unpaired) electrons. The van der Waals surface area contributed by atoms with E-state index in [4.69, 9.17) is 9.72 Å². The number of aryl methyl sites for hydroxylation is 1. The highest BCUT2D eigenvalue weighted by Gasteiger charge is 2.34. The average molecular weight is 406 g/mol. The van der Waals surface area contributed by atoms with E-state index in [1.165, 1.54) is 0 Å². The van der Waals surface area contributed by atoms with Gasteiger partial charge in [-0.25, -0.2) is 4.98 Å². The molecule has 2 atom stereocenters. The van der Waals surface area contributed by atoms with Gasteiger partial charge in [0, 0.05) is 30.8 Å². The minimum atomic E-state index is -0.237. The lowest BCUT2D eigenvalue weighted by Gasteiger charge is -2.32. The van der Waals surface area contributed by atoms with Crippen molar-refractivity contribution in [2.24, 2.45) is 5.92 Å². The highest BCUT2D eigenvalue weighted by atomic mass is 32.2. The Kier molecular flexibility index (Phi) is 5.75. The Hall–Kier alpha value is -1.83. The van der Waals surface area contributed by atoms with Gasteiger partial charge in [0.1, 0.15) is 0 Å². The predicted octanol–water partition coefficient (Wildman–Crippen LogP) is 1.96. The number of amides is 1. The van der Waals surface area contributed by atoms with Gasteiger partial charge in [0.15, 0.2) is 5.16 Å². The van der Waals surface area contributed by atoms with Crippen molar-refractivity contribution in [1.29, 1.82) is 0 Å². The number of rotatable bonds is 4. The molecular formula is C20H27N3O4S. The van der Waals surface area contributed by atoms with Gasteiger partial charge in [-0.3, -0.25) is 19.0 Å². The molecule has 28 heavy (non-hydrogen) atoms. The molecule has 8 heteroatoms. The third-order valence-electron chi connectivity index (χ3n) is 5.93. The molecule has 1 aromatic heterocycles. The first-order valence-electron chi connectivity index (χ1n) is 10.3. The number of hydrogen-bond acceptors (Lipinski definition) is 6. The number of likely N-dealkylation sites (tertiary alicyclic amines) is 1. The zero-order chi connectivity index (χ0) is 19.7. The molecule has 0 unspecified atom stereocenters. The van der Waals surface area contributed by atoms with Crippen molar-refractivity contribution < 1.29 is 14.3 Å². The summed E-state index contributed by atoms with van der Waals surface area (Å²) in [5.41, 5.74) is 1.84. The molecule has 0 aromatic carbocycles. The number of nitrogens with zero attached hydrogens (tertiary/aromatic N) is 3. The molecule has 4 rings (SSSR count). The van der Waals surface area contributed by atoms with Crippen molar-refractivity contribution in [2.45, 2.75) is 63.1 Å². The highest BCUT2D eigenvalue weighted by molar-refractivity contribution is 7.99. The molecule has 3 heterocycles. The van der Waals surface area contributed by atoms with E-state index in [2.05, 4.69) is 0 Å². The second-order valence-electron chi connectivity index (χ2n) is 7.80. The van der Waals surface area contributed by atoms with E-state index in [0.717, 1.165) is 54.9 Å². The van der Waals surface area contributed by atoms with Crippen LogP contribution < -0.4 is 5.56 Å². The first kappa shape index (κ1) is 19.5. The van der Waals surface area contributed by atoms with E-state index in [9.17, 15) is 14.4 Å². The van der Waals surface area contributed by atoms with Crippen LogP contribution in [-0.2, 0) is 27.2 Å². The normalized spacial score (nSPS) is 23.8. The average Bonchev–Trinajstić information content (AvgIpc) is 3.11. The number of fused-ring (bicyclic) bond motifs is 2. The molecule has 152 valence electrons. The molecule has 0 N–H and O–H groups in total. The summed E-state index contributed by atoms with van der Waals surface area (Å²) in [5, 5.41) is 0.756. The number of carbonyl (C=O) groups is 2. The second kappa shape index (κ2) is 8.27. The van der Waals surface area contributed by atoms with Gasteiger partial charge in [-0.2, -0.15) is 0 Å². The monoisotopic (exact) mass is 405 g/mol. The van der Waals surface area contributed by atoms with Crippen molar-refractivity contribution in [3.05, 3.63) is 21.6 Å². The lowest BCUT2D eigenvalue weighted by molar-refractivity contribution is -0.151. The van der Waals surface area contributed by atoms with Crippen LogP contribution in [0.25, 0.3) is 0 Å². The Balaban J connectivity index is 1.47. The third-order valence-corrected chi connectivity index (χ3v) is 7.02. The van der Waals surface area contributed by atoms with E-state index in [1.54, 1.807) is 28.2 Å². The van der Waals surface area contributed by atoms with Crippen molar-refractivity contribution >= 4 is 23.6 Å². The molecule has 3 aliphatic rings. The molecule has 1 aliphatic carbocycles. The molecular weight excluding hydrogens is 378 g/mol. The van der Waals surface area contributed by atoms with E-state index in [0.29, 0.717) is 25.4 Å². The summed E-state index contributed by atoms with van der Waals surface area (Å²) >= 11 is 1.57. The van der Waals surface area contributed by atoms with E-state index in [-0.39, 0.29) is 35.8 Å². The molecule has 0 bridgehead atoms. The maximum absolute atomic E-state index is 13.0. The van der Waals surface area contributed by atoms with Crippen molar-refractivity contribution in [3.63, 3.8) is 0 Å². The summed E-state index contributed by atoms with van der Waals surface area (Å²) in [6.45, 7) is 3.24. The summed E-state index contributed by atoms with van der Waals surface area (Å²) in [5.74, 6) is 0.261. The Bertz CT molecular complexity index is 837. The first-order chi connectivity index (χ1) is 13.6. The van der Waals surface area contributed by atoms with Crippen LogP contribution in [0.1, 0.15) is 56.3 Å². The van der Waals surface area contributed by atoms with Crippen LogP contribution in [0.4, 0.5) is 0 Å². The number of piperidine rings is 1. The predicted molar refractivity (Wildman–Crippen MR) is 105 cm³/mol. The fourth-order valence-electron chi connectivity index (χ4n) is 4.45. The molecule has 2 aliphatic heterocycles. The quantitative estimate of drug-likeness (QED) is 0.563. The zero-order valence-corrected chi connectivity index (χ0v) is 17.1. The summed E-state index contributed by atoms with van der Waals surface area (Å²) in [7, 11) is 0. The maximum atomic E-state index is 13.0. The summed E-state index contributed by atoms with van der Waals surface area (Å²) < 4.78 is 6.87. The van der Waals surface area contributed by atoms with Crippen LogP contribution in [-0.4, -0.2) is 51.8 Å². The largest absolute Gasteiger partial charge is 0.466 e. The lowest BCUT2D eigenvalue weighted by Crippen LogP contribution is -2.44. The van der Waals surface area contributed by atoms with Crippen molar-refractivity contribution in [1.82, 2.24) is 14.5 Å². The van der Waals surface area contributed by atoms with Crippen molar-refractivity contribution in [3.8, 4) is 0 Å². The van der Waals surface area contributed by atoms with E-state index < -0.39 is 0 Å². The highest BCUT2D eigenvalue weighted by Crippen LogP contribution is 2.34. The molecule has 7 nitrogen and oxygen atoms in total. The third kappa shape index (κ3) is 3.71. The minimum absolute atomic E-state index is 0.0112. The van der Waals surface area contributed by atoms with E-state index in [1.807, 2.05) is 0 Å². The van der Waals surface area contributed by atoms with Gasteiger partial charge < -0.3 is 9.64 Å². The summed E-state index contributed by atoms with van der Waals surface area (Å²) in [4.78, 5) is 44.5. The molecule has 1 aromatic rings. The first-order valence-corrected chi connectivity index (χ1v) is 11.3. The van der Waals surface area contributed by atoms with Crippen LogP contribution in [0.15, 0.2) is 9.95 Å². The van der Waals surface area contributed by atoms with Crippen LogP contribution >= 0.6 is 11.8 Å². The maximum Gasteiger partial charge on any atom is 0.310 e. The van der Waals surface area contributed by atoms with Gasteiger partial charge in [0.25, 0.3) is 5.56 Å². The van der Waals surface area contributed by atoms with E-state index >= 15 is 0 Å². The van der Waals surface area contributed by atoms with Gasteiger partial charge in [0.05, 0.1) is 24.3 Å². The number of thioether (sulfide) groups is 1. The Morgan fingerprint density at radius 2 is 2.07 bits per heavy atom. The fourth-order valence-corrected chi connectivity index (χ4v) is 5.61. The molecule has 0 saturated carbocycles. The summed E-state index contributed by atoms with van der Waals surface area (Å²) in [6.07, 6.45) is 5.65. The van der Waals surface area contributed by atoms with Gasteiger partial charge in [-0.15, -0.1) is 0 Å². The smallest absolute Gasteiger partial charge is 0.310 e. The Morgan fingerprint density at radius 1 is 1.25 bits per heavy atom.